The van der Waals surface area contributed by atoms with Crippen LogP contribution in [0.25, 0.3) is 0 Å². The van der Waals surface area contributed by atoms with Gasteiger partial charge in [-0.25, -0.2) is 0 Å². The molecule has 1 aromatic rings. The third kappa shape index (κ3) is 1.62. The molecule has 1 fully saturated rings. The number of amides is 1. The quantitative estimate of drug-likeness (QED) is 0.796. The average molecular weight is 245 g/mol. The highest BCUT2D eigenvalue weighted by molar-refractivity contribution is 9.10. The van der Waals surface area contributed by atoms with E-state index in [9.17, 15) is 4.79 Å². The van der Waals surface area contributed by atoms with Gasteiger partial charge >= 0.3 is 0 Å². The molecule has 5 heteroatoms. The molecule has 0 spiro atoms. The number of carbonyl (C=O) groups is 1. The SMILES string of the molecule is NC1CN(C(=O)c2ccc(Br)o2)C1. The third-order valence-electron chi connectivity index (χ3n) is 1.98. The lowest BCUT2D eigenvalue weighted by molar-refractivity contribution is 0.0574. The highest BCUT2D eigenvalue weighted by Crippen LogP contribution is 2.17. The molecule has 0 radical (unpaired) electrons. The molecular formula is C8H9BrN2O2. The lowest BCUT2D eigenvalue weighted by atomic mass is 10.1. The molecule has 0 aromatic carbocycles. The highest BCUT2D eigenvalue weighted by Gasteiger charge is 2.29. The maximum absolute atomic E-state index is 11.5. The molecule has 70 valence electrons. The second kappa shape index (κ2) is 3.16. The zero-order chi connectivity index (χ0) is 9.42. The molecule has 2 rings (SSSR count). The van der Waals surface area contributed by atoms with Crippen LogP contribution in [0.2, 0.25) is 0 Å². The number of furan rings is 1. The number of nitrogens with two attached hydrogens (primary N) is 1. The van der Waals surface area contributed by atoms with Crippen molar-refractivity contribution in [3.05, 3.63) is 22.6 Å². The highest BCUT2D eigenvalue weighted by atomic mass is 79.9. The first kappa shape index (κ1) is 8.77. The summed E-state index contributed by atoms with van der Waals surface area (Å²) < 4.78 is 5.69. The first-order valence-electron chi connectivity index (χ1n) is 3.97. The molecule has 2 N–H and O–H groups in total. The van der Waals surface area contributed by atoms with Crippen LogP contribution in [0.1, 0.15) is 10.6 Å². The number of nitrogens with zero attached hydrogens (tertiary/aromatic N) is 1. The van der Waals surface area contributed by atoms with E-state index in [0.717, 1.165) is 0 Å². The fourth-order valence-electron chi connectivity index (χ4n) is 1.26. The molecule has 0 aliphatic carbocycles. The zero-order valence-corrected chi connectivity index (χ0v) is 8.45. The molecular weight excluding hydrogens is 236 g/mol. The zero-order valence-electron chi connectivity index (χ0n) is 6.87. The maximum atomic E-state index is 11.5. The van der Waals surface area contributed by atoms with Crippen LogP contribution < -0.4 is 5.73 Å². The van der Waals surface area contributed by atoms with Crippen molar-refractivity contribution in [2.24, 2.45) is 5.73 Å². The first-order valence-corrected chi connectivity index (χ1v) is 4.76. The van der Waals surface area contributed by atoms with Crippen molar-refractivity contribution in [1.82, 2.24) is 4.90 Å². The summed E-state index contributed by atoms with van der Waals surface area (Å²) in [6, 6.07) is 3.48. The van der Waals surface area contributed by atoms with Crippen LogP contribution >= 0.6 is 15.9 Å². The van der Waals surface area contributed by atoms with Crippen molar-refractivity contribution in [2.75, 3.05) is 13.1 Å². The number of likely N-dealkylation sites (tertiary alicyclic amines) is 1. The topological polar surface area (TPSA) is 59.5 Å². The Labute approximate surface area is 83.8 Å². The minimum atomic E-state index is -0.0904. The van der Waals surface area contributed by atoms with E-state index in [1.807, 2.05) is 0 Å². The molecule has 2 heterocycles. The van der Waals surface area contributed by atoms with Gasteiger partial charge < -0.3 is 15.1 Å². The Bertz CT molecular complexity index is 331. The summed E-state index contributed by atoms with van der Waals surface area (Å²) in [5.74, 6) is 0.270. The maximum Gasteiger partial charge on any atom is 0.289 e. The Morgan fingerprint density at radius 3 is 2.77 bits per heavy atom. The summed E-state index contributed by atoms with van der Waals surface area (Å²) >= 11 is 3.14. The molecule has 0 bridgehead atoms. The summed E-state index contributed by atoms with van der Waals surface area (Å²) in [6.07, 6.45) is 0. The van der Waals surface area contributed by atoms with E-state index in [2.05, 4.69) is 15.9 Å². The van der Waals surface area contributed by atoms with Gasteiger partial charge in [0.15, 0.2) is 10.4 Å². The van der Waals surface area contributed by atoms with E-state index >= 15 is 0 Å². The van der Waals surface area contributed by atoms with Gasteiger partial charge in [0.25, 0.3) is 5.91 Å². The van der Waals surface area contributed by atoms with Crippen molar-refractivity contribution in [3.8, 4) is 0 Å². The van der Waals surface area contributed by atoms with Gasteiger partial charge in [0.1, 0.15) is 0 Å². The molecule has 1 saturated heterocycles. The predicted molar refractivity (Wildman–Crippen MR) is 50.3 cm³/mol. The lowest BCUT2D eigenvalue weighted by Crippen LogP contribution is -2.57. The fourth-order valence-corrected chi connectivity index (χ4v) is 1.57. The Kier molecular flexibility index (Phi) is 2.13. The van der Waals surface area contributed by atoms with E-state index in [1.165, 1.54) is 0 Å². The molecule has 13 heavy (non-hydrogen) atoms. The molecule has 1 aliphatic heterocycles. The normalized spacial score (nSPS) is 17.2. The van der Waals surface area contributed by atoms with Crippen LogP contribution in [0.4, 0.5) is 0 Å². The van der Waals surface area contributed by atoms with Crippen LogP contribution in [-0.4, -0.2) is 29.9 Å². The van der Waals surface area contributed by atoms with Gasteiger partial charge in [-0.2, -0.15) is 0 Å². The number of carbonyl (C=O) groups excluding carboxylic acids is 1. The smallest absolute Gasteiger partial charge is 0.289 e. The van der Waals surface area contributed by atoms with E-state index in [-0.39, 0.29) is 11.9 Å². The van der Waals surface area contributed by atoms with Gasteiger partial charge in [-0.1, -0.05) is 0 Å². The van der Waals surface area contributed by atoms with Crippen LogP contribution in [0, 0.1) is 0 Å². The van der Waals surface area contributed by atoms with Gasteiger partial charge in [-0.3, -0.25) is 4.79 Å². The van der Waals surface area contributed by atoms with E-state index < -0.39 is 0 Å². The molecule has 1 aliphatic rings. The Balaban J connectivity index is 2.06. The summed E-state index contributed by atoms with van der Waals surface area (Å²) in [5.41, 5.74) is 5.56. The summed E-state index contributed by atoms with van der Waals surface area (Å²) in [6.45, 7) is 1.24. The minimum absolute atomic E-state index is 0.0904. The van der Waals surface area contributed by atoms with Crippen LogP contribution in [0.15, 0.2) is 21.2 Å². The van der Waals surface area contributed by atoms with E-state index in [0.29, 0.717) is 23.5 Å². The van der Waals surface area contributed by atoms with E-state index in [1.54, 1.807) is 17.0 Å². The van der Waals surface area contributed by atoms with Crippen LogP contribution in [-0.2, 0) is 0 Å². The predicted octanol–water partition coefficient (Wildman–Crippen LogP) is 0.825. The second-order valence-electron chi connectivity index (χ2n) is 3.07. The number of rotatable bonds is 1. The molecule has 1 aromatic heterocycles. The summed E-state index contributed by atoms with van der Waals surface area (Å²) in [7, 11) is 0. The summed E-state index contributed by atoms with van der Waals surface area (Å²) in [5, 5.41) is 0. The second-order valence-corrected chi connectivity index (χ2v) is 3.86. The first-order chi connectivity index (χ1) is 6.16. The largest absolute Gasteiger partial charge is 0.444 e. The van der Waals surface area contributed by atoms with Gasteiger partial charge in [0, 0.05) is 19.1 Å². The fraction of sp³-hybridized carbons (Fsp3) is 0.375. The molecule has 0 saturated carbocycles. The standard InChI is InChI=1S/C8H9BrN2O2/c9-7-2-1-6(13-7)8(12)11-3-5(10)4-11/h1-2,5H,3-4,10H2. The third-order valence-corrected chi connectivity index (χ3v) is 2.41. The minimum Gasteiger partial charge on any atom is -0.444 e. The summed E-state index contributed by atoms with van der Waals surface area (Å²) in [4.78, 5) is 13.2. The van der Waals surface area contributed by atoms with Crippen molar-refractivity contribution >= 4 is 21.8 Å². The van der Waals surface area contributed by atoms with Gasteiger partial charge in [0.05, 0.1) is 0 Å². The molecule has 0 atom stereocenters. The van der Waals surface area contributed by atoms with Crippen molar-refractivity contribution in [3.63, 3.8) is 0 Å². The van der Waals surface area contributed by atoms with Crippen molar-refractivity contribution in [1.29, 1.82) is 0 Å². The monoisotopic (exact) mass is 244 g/mol. The van der Waals surface area contributed by atoms with Crippen LogP contribution in [0.5, 0.6) is 0 Å². The van der Waals surface area contributed by atoms with Gasteiger partial charge in [-0.15, -0.1) is 0 Å². The molecule has 0 unspecified atom stereocenters. The Morgan fingerprint density at radius 2 is 2.31 bits per heavy atom. The Morgan fingerprint density at radius 1 is 1.62 bits per heavy atom. The molecule has 1 amide bonds. The molecule has 4 nitrogen and oxygen atoms in total. The average Bonchev–Trinajstić information content (AvgIpc) is 2.45. The van der Waals surface area contributed by atoms with Crippen molar-refractivity contribution in [2.45, 2.75) is 6.04 Å². The lowest BCUT2D eigenvalue weighted by Gasteiger charge is -2.36. The number of hydrogen-bond acceptors (Lipinski definition) is 3. The van der Waals surface area contributed by atoms with Gasteiger partial charge in [-0.05, 0) is 28.1 Å². The van der Waals surface area contributed by atoms with Crippen molar-refractivity contribution < 1.29 is 9.21 Å². The van der Waals surface area contributed by atoms with Gasteiger partial charge in [0.2, 0.25) is 0 Å². The Hall–Kier alpha value is -0.810. The number of hydrogen-bond donors (Lipinski definition) is 1. The van der Waals surface area contributed by atoms with Crippen LogP contribution in [0.3, 0.4) is 0 Å². The number of halogens is 1. The van der Waals surface area contributed by atoms with E-state index in [4.69, 9.17) is 10.2 Å².